The van der Waals surface area contributed by atoms with Gasteiger partial charge in [0, 0.05) is 34.5 Å². The van der Waals surface area contributed by atoms with Gasteiger partial charge in [0.2, 0.25) is 0 Å². The number of hydrogen-bond donors (Lipinski definition) is 2. The molecule has 5 heteroatoms. The van der Waals surface area contributed by atoms with Crippen molar-refractivity contribution in [2.75, 3.05) is 0 Å². The molecule has 0 fully saturated rings. The van der Waals surface area contributed by atoms with Crippen LogP contribution >= 0.6 is 15.9 Å². The third-order valence-corrected chi connectivity index (χ3v) is 3.94. The second kappa shape index (κ2) is 6.15. The van der Waals surface area contributed by atoms with Gasteiger partial charge in [0.15, 0.2) is 0 Å². The van der Waals surface area contributed by atoms with Crippen LogP contribution in [0.1, 0.15) is 11.1 Å². The number of nitrogens with two attached hydrogens (primary N) is 1. The van der Waals surface area contributed by atoms with E-state index >= 15 is 0 Å². The number of amidine groups is 1. The smallest absolute Gasteiger partial charge is 0.140 e. The first-order valence-electron chi connectivity index (χ1n) is 6.84. The fourth-order valence-corrected chi connectivity index (χ4v) is 2.83. The molecule has 0 radical (unpaired) electrons. The average Bonchev–Trinajstić information content (AvgIpc) is 2.96. The van der Waals surface area contributed by atoms with E-state index in [-0.39, 0.29) is 5.84 Å². The standard InChI is InChI=1S/C17H15BrN4/c18-14-6-3-5-12(10-14)17-21-8-9-22(17)11-13-4-1-2-7-15(13)16(19)20/h1-10H,11H2,(H3,19,20). The number of benzene rings is 2. The maximum absolute atomic E-state index is 7.70. The zero-order chi connectivity index (χ0) is 15.5. The van der Waals surface area contributed by atoms with Crippen molar-refractivity contribution in [2.45, 2.75) is 6.54 Å². The van der Waals surface area contributed by atoms with E-state index in [1.54, 1.807) is 6.20 Å². The van der Waals surface area contributed by atoms with E-state index in [2.05, 4.69) is 25.5 Å². The SMILES string of the molecule is N=C(N)c1ccccc1Cn1ccnc1-c1cccc(Br)c1. The molecule has 0 saturated heterocycles. The summed E-state index contributed by atoms with van der Waals surface area (Å²) in [6.45, 7) is 0.623. The van der Waals surface area contributed by atoms with Crippen LogP contribution in [-0.4, -0.2) is 15.4 Å². The molecule has 0 amide bonds. The number of aromatic nitrogens is 2. The topological polar surface area (TPSA) is 67.7 Å². The number of halogens is 1. The zero-order valence-corrected chi connectivity index (χ0v) is 13.4. The van der Waals surface area contributed by atoms with Crippen molar-refractivity contribution >= 4 is 21.8 Å². The minimum Gasteiger partial charge on any atom is -0.384 e. The van der Waals surface area contributed by atoms with E-state index in [0.29, 0.717) is 6.54 Å². The van der Waals surface area contributed by atoms with E-state index in [9.17, 15) is 0 Å². The summed E-state index contributed by atoms with van der Waals surface area (Å²) in [5, 5.41) is 7.70. The summed E-state index contributed by atoms with van der Waals surface area (Å²) >= 11 is 3.49. The van der Waals surface area contributed by atoms with Crippen LogP contribution in [0.3, 0.4) is 0 Å². The molecular formula is C17H15BrN4. The molecule has 110 valence electrons. The minimum absolute atomic E-state index is 0.0831. The monoisotopic (exact) mass is 354 g/mol. The van der Waals surface area contributed by atoms with Crippen molar-refractivity contribution in [3.05, 3.63) is 76.5 Å². The number of rotatable bonds is 4. The molecule has 0 aliphatic rings. The van der Waals surface area contributed by atoms with Crippen molar-refractivity contribution in [3.63, 3.8) is 0 Å². The van der Waals surface area contributed by atoms with E-state index in [0.717, 1.165) is 27.0 Å². The van der Waals surface area contributed by atoms with Crippen LogP contribution in [-0.2, 0) is 6.54 Å². The van der Waals surface area contributed by atoms with E-state index < -0.39 is 0 Å². The second-order valence-electron chi connectivity index (χ2n) is 4.96. The van der Waals surface area contributed by atoms with Crippen LogP contribution in [0.5, 0.6) is 0 Å². The summed E-state index contributed by atoms with van der Waals surface area (Å²) in [5.41, 5.74) is 8.47. The Morgan fingerprint density at radius 2 is 2.00 bits per heavy atom. The van der Waals surface area contributed by atoms with Gasteiger partial charge in [-0.3, -0.25) is 5.41 Å². The normalized spacial score (nSPS) is 10.6. The van der Waals surface area contributed by atoms with Gasteiger partial charge in [-0.05, 0) is 17.7 Å². The molecule has 0 atom stereocenters. The molecular weight excluding hydrogens is 340 g/mol. The molecule has 0 bridgehead atoms. The Morgan fingerprint density at radius 3 is 2.77 bits per heavy atom. The van der Waals surface area contributed by atoms with Gasteiger partial charge < -0.3 is 10.3 Å². The van der Waals surface area contributed by atoms with Gasteiger partial charge in [-0.25, -0.2) is 4.98 Å². The summed E-state index contributed by atoms with van der Waals surface area (Å²) in [6, 6.07) is 15.7. The molecule has 3 rings (SSSR count). The van der Waals surface area contributed by atoms with Gasteiger partial charge in [-0.1, -0.05) is 52.3 Å². The number of imidazole rings is 1. The highest BCUT2D eigenvalue weighted by molar-refractivity contribution is 9.10. The van der Waals surface area contributed by atoms with Crippen LogP contribution < -0.4 is 5.73 Å². The predicted octanol–water partition coefficient (Wildman–Crippen LogP) is 3.64. The quantitative estimate of drug-likeness (QED) is 0.554. The first-order valence-corrected chi connectivity index (χ1v) is 7.64. The summed E-state index contributed by atoms with van der Waals surface area (Å²) in [4.78, 5) is 4.46. The maximum atomic E-state index is 7.70. The molecule has 3 N–H and O–H groups in total. The summed E-state index contributed by atoms with van der Waals surface area (Å²) in [6.07, 6.45) is 3.72. The van der Waals surface area contributed by atoms with Crippen LogP contribution in [0.4, 0.5) is 0 Å². The minimum atomic E-state index is 0.0831. The van der Waals surface area contributed by atoms with Crippen molar-refractivity contribution < 1.29 is 0 Å². The third kappa shape index (κ3) is 2.94. The molecule has 0 saturated carbocycles. The summed E-state index contributed by atoms with van der Waals surface area (Å²) < 4.78 is 3.08. The van der Waals surface area contributed by atoms with E-state index in [1.807, 2.05) is 54.7 Å². The lowest BCUT2D eigenvalue weighted by atomic mass is 10.1. The van der Waals surface area contributed by atoms with Crippen molar-refractivity contribution in [2.24, 2.45) is 5.73 Å². The molecule has 0 unspecified atom stereocenters. The first kappa shape index (κ1) is 14.5. The van der Waals surface area contributed by atoms with Crippen molar-refractivity contribution in [1.82, 2.24) is 9.55 Å². The van der Waals surface area contributed by atoms with Gasteiger partial charge in [0.1, 0.15) is 11.7 Å². The van der Waals surface area contributed by atoms with Gasteiger partial charge in [-0.15, -0.1) is 0 Å². The van der Waals surface area contributed by atoms with E-state index in [4.69, 9.17) is 11.1 Å². The fraction of sp³-hybridized carbons (Fsp3) is 0.0588. The van der Waals surface area contributed by atoms with Crippen LogP contribution in [0.25, 0.3) is 11.4 Å². The Kier molecular flexibility index (Phi) is 4.06. The molecule has 0 spiro atoms. The maximum Gasteiger partial charge on any atom is 0.140 e. The number of nitrogens with zero attached hydrogens (tertiary/aromatic N) is 2. The van der Waals surface area contributed by atoms with Crippen molar-refractivity contribution in [1.29, 1.82) is 5.41 Å². The number of nitrogens with one attached hydrogen (secondary N) is 1. The lowest BCUT2D eigenvalue weighted by Crippen LogP contribution is -2.15. The Morgan fingerprint density at radius 1 is 1.18 bits per heavy atom. The van der Waals surface area contributed by atoms with E-state index in [1.165, 1.54) is 0 Å². The molecule has 2 aromatic carbocycles. The fourth-order valence-electron chi connectivity index (χ4n) is 2.43. The van der Waals surface area contributed by atoms with Gasteiger partial charge >= 0.3 is 0 Å². The zero-order valence-electron chi connectivity index (χ0n) is 11.8. The Hall–Kier alpha value is -2.40. The summed E-state index contributed by atoms with van der Waals surface area (Å²) in [5.74, 6) is 0.972. The van der Waals surface area contributed by atoms with Gasteiger partial charge in [-0.2, -0.15) is 0 Å². The molecule has 3 aromatic rings. The highest BCUT2D eigenvalue weighted by Gasteiger charge is 2.10. The van der Waals surface area contributed by atoms with Gasteiger partial charge in [0.25, 0.3) is 0 Å². The highest BCUT2D eigenvalue weighted by atomic mass is 79.9. The first-order chi connectivity index (χ1) is 10.6. The highest BCUT2D eigenvalue weighted by Crippen LogP contribution is 2.22. The second-order valence-corrected chi connectivity index (χ2v) is 5.88. The van der Waals surface area contributed by atoms with Crippen LogP contribution in [0.15, 0.2) is 65.4 Å². The molecule has 0 aliphatic heterocycles. The molecule has 0 aliphatic carbocycles. The number of nitrogen functional groups attached to an aromatic ring is 1. The molecule has 4 nitrogen and oxygen atoms in total. The van der Waals surface area contributed by atoms with Crippen molar-refractivity contribution in [3.8, 4) is 11.4 Å². The van der Waals surface area contributed by atoms with Gasteiger partial charge in [0.05, 0.1) is 0 Å². The largest absolute Gasteiger partial charge is 0.384 e. The molecule has 1 aromatic heterocycles. The lowest BCUT2D eigenvalue weighted by Gasteiger charge is -2.11. The summed E-state index contributed by atoms with van der Waals surface area (Å²) in [7, 11) is 0. The third-order valence-electron chi connectivity index (χ3n) is 3.45. The average molecular weight is 355 g/mol. The Labute approximate surface area is 137 Å². The Balaban J connectivity index is 1.99. The number of hydrogen-bond acceptors (Lipinski definition) is 2. The molecule has 22 heavy (non-hydrogen) atoms. The lowest BCUT2D eigenvalue weighted by molar-refractivity contribution is 0.805. The Bertz CT molecular complexity index is 823. The van der Waals surface area contributed by atoms with Crippen LogP contribution in [0.2, 0.25) is 0 Å². The van der Waals surface area contributed by atoms with Crippen LogP contribution in [0, 0.1) is 5.41 Å². The predicted molar refractivity (Wildman–Crippen MR) is 91.9 cm³/mol. The molecule has 1 heterocycles.